The minimum Gasteiger partial charge on any atom is -0.385 e. The van der Waals surface area contributed by atoms with E-state index in [0.29, 0.717) is 12.6 Å². The summed E-state index contributed by atoms with van der Waals surface area (Å²) in [6.45, 7) is 3.50. The molecule has 164 valence electrons. The van der Waals surface area contributed by atoms with Gasteiger partial charge in [0.1, 0.15) is 12.6 Å². The summed E-state index contributed by atoms with van der Waals surface area (Å²) in [6.07, 6.45) is 4.84. The number of hydrogen-bond donors (Lipinski definition) is 2. The molecule has 0 unspecified atom stereocenters. The molecule has 1 heterocycles. The number of rotatable bonds is 7. The van der Waals surface area contributed by atoms with Crippen LogP contribution >= 0.6 is 0 Å². The number of aliphatic hydroxyl groups excluding tert-OH is 1. The number of aromatic nitrogens is 1. The highest BCUT2D eigenvalue weighted by Crippen LogP contribution is 2.41. The molecule has 0 amide bonds. The minimum absolute atomic E-state index is 0.390. The Morgan fingerprint density at radius 2 is 1.56 bits per heavy atom. The molecule has 0 spiro atoms. The van der Waals surface area contributed by atoms with Crippen LogP contribution in [0.25, 0.3) is 33.3 Å². The highest BCUT2D eigenvalue weighted by molar-refractivity contribution is 6.04. The van der Waals surface area contributed by atoms with Crippen LogP contribution in [0.2, 0.25) is 0 Å². The highest BCUT2D eigenvalue weighted by atomic mass is 16.3. The van der Waals surface area contributed by atoms with Crippen LogP contribution in [0.3, 0.4) is 0 Å². The van der Waals surface area contributed by atoms with Gasteiger partial charge in [0, 0.05) is 16.5 Å². The molecule has 1 saturated carbocycles. The molecule has 0 bridgehead atoms. The molecule has 0 radical (unpaired) electrons. The normalized spacial score (nSPS) is 15.4. The summed E-state index contributed by atoms with van der Waals surface area (Å²) in [5.74, 6) is 0. The molecular formula is C29H33N2O+. The van der Waals surface area contributed by atoms with Crippen LogP contribution in [0.5, 0.6) is 0 Å². The maximum absolute atomic E-state index is 11.1. The standard InChI is InChI=1S/C29H32N2O/c1-21-16-17-27-26(18-21)28(22-10-4-2-5-11-22)29(23-12-6-3-7-13-23)31(27)20-25(32)19-30-24-14-8-9-15-24/h2-7,10-13,16-18,24-25,30,32H,8-9,14-15,19-20H2,1H3/p+1/t25-/m1/s1. The van der Waals surface area contributed by atoms with Gasteiger partial charge in [0.15, 0.2) is 0 Å². The second-order valence-electron chi connectivity index (χ2n) is 9.26. The van der Waals surface area contributed by atoms with E-state index in [1.165, 1.54) is 64.5 Å². The van der Waals surface area contributed by atoms with Gasteiger partial charge in [0.05, 0.1) is 18.3 Å². The Kier molecular flexibility index (Phi) is 6.11. The molecule has 1 fully saturated rings. The molecular weight excluding hydrogens is 392 g/mol. The van der Waals surface area contributed by atoms with Crippen LogP contribution in [0.15, 0.2) is 78.9 Å². The van der Waals surface area contributed by atoms with E-state index in [1.807, 2.05) is 0 Å². The second kappa shape index (κ2) is 9.32. The summed E-state index contributed by atoms with van der Waals surface area (Å²) < 4.78 is 2.35. The third kappa shape index (κ3) is 4.23. The van der Waals surface area contributed by atoms with E-state index in [1.54, 1.807) is 0 Å². The van der Waals surface area contributed by atoms with E-state index in [-0.39, 0.29) is 0 Å². The minimum atomic E-state index is -0.390. The molecule has 3 N–H and O–H groups in total. The SMILES string of the molecule is Cc1ccc2c(c1)c(-c1ccccc1)c(-c1ccccc1)n2C[C@H](O)C[NH2+]C1CCCC1. The zero-order valence-electron chi connectivity index (χ0n) is 18.9. The summed E-state index contributed by atoms with van der Waals surface area (Å²) in [4.78, 5) is 0. The largest absolute Gasteiger partial charge is 0.385 e. The lowest BCUT2D eigenvalue weighted by molar-refractivity contribution is -0.693. The first-order chi connectivity index (χ1) is 15.7. The summed E-state index contributed by atoms with van der Waals surface area (Å²) >= 11 is 0. The number of aryl methyl sites for hydroxylation is 1. The van der Waals surface area contributed by atoms with E-state index in [4.69, 9.17) is 0 Å². The van der Waals surface area contributed by atoms with Crippen LogP contribution < -0.4 is 5.32 Å². The van der Waals surface area contributed by atoms with Crippen molar-refractivity contribution in [3.8, 4) is 22.4 Å². The van der Waals surface area contributed by atoms with Gasteiger partial charge in [-0.15, -0.1) is 0 Å². The first-order valence-electron chi connectivity index (χ1n) is 12.0. The Hall–Kier alpha value is -2.88. The van der Waals surface area contributed by atoms with Gasteiger partial charge in [-0.3, -0.25) is 0 Å². The quantitative estimate of drug-likeness (QED) is 0.422. The van der Waals surface area contributed by atoms with Crippen molar-refractivity contribution in [1.82, 2.24) is 4.57 Å². The van der Waals surface area contributed by atoms with Crippen molar-refractivity contribution in [2.24, 2.45) is 0 Å². The second-order valence-corrected chi connectivity index (χ2v) is 9.26. The average molecular weight is 426 g/mol. The third-order valence-corrected chi connectivity index (χ3v) is 6.86. The lowest BCUT2D eigenvalue weighted by Gasteiger charge is -2.18. The monoisotopic (exact) mass is 425 g/mol. The fourth-order valence-corrected chi connectivity index (χ4v) is 5.28. The zero-order chi connectivity index (χ0) is 21.9. The number of nitrogens with two attached hydrogens (primary N) is 1. The van der Waals surface area contributed by atoms with Crippen LogP contribution in [-0.2, 0) is 6.54 Å². The van der Waals surface area contributed by atoms with Gasteiger partial charge in [-0.25, -0.2) is 0 Å². The fourth-order valence-electron chi connectivity index (χ4n) is 5.28. The summed E-state index contributed by atoms with van der Waals surface area (Å²) in [5.41, 5.74) is 7.29. The number of nitrogens with zero attached hydrogens (tertiary/aromatic N) is 1. The number of quaternary nitrogens is 1. The fraction of sp³-hybridized carbons (Fsp3) is 0.310. The van der Waals surface area contributed by atoms with Crippen molar-refractivity contribution in [1.29, 1.82) is 0 Å². The molecule has 5 rings (SSSR count). The Bertz CT molecular complexity index is 1170. The Morgan fingerprint density at radius 3 is 2.25 bits per heavy atom. The highest BCUT2D eigenvalue weighted by Gasteiger charge is 2.23. The van der Waals surface area contributed by atoms with Crippen molar-refractivity contribution < 1.29 is 10.4 Å². The zero-order valence-corrected chi connectivity index (χ0v) is 18.9. The molecule has 3 nitrogen and oxygen atoms in total. The molecule has 3 aromatic carbocycles. The molecule has 1 atom stereocenters. The van der Waals surface area contributed by atoms with Gasteiger partial charge < -0.3 is 15.0 Å². The van der Waals surface area contributed by atoms with Crippen LogP contribution in [0.1, 0.15) is 31.2 Å². The first-order valence-corrected chi connectivity index (χ1v) is 12.0. The predicted molar refractivity (Wildman–Crippen MR) is 133 cm³/mol. The maximum atomic E-state index is 11.1. The third-order valence-electron chi connectivity index (χ3n) is 6.86. The van der Waals surface area contributed by atoms with Crippen molar-refractivity contribution in [2.45, 2.75) is 51.3 Å². The van der Waals surface area contributed by atoms with Gasteiger partial charge in [-0.05, 0) is 55.9 Å². The van der Waals surface area contributed by atoms with E-state index in [2.05, 4.69) is 95.7 Å². The molecule has 1 aromatic heterocycles. The first kappa shape index (κ1) is 21.0. The number of hydrogen-bond acceptors (Lipinski definition) is 1. The van der Waals surface area contributed by atoms with Crippen LogP contribution in [0.4, 0.5) is 0 Å². The van der Waals surface area contributed by atoms with E-state index in [9.17, 15) is 5.11 Å². The van der Waals surface area contributed by atoms with E-state index < -0.39 is 6.10 Å². The van der Waals surface area contributed by atoms with Crippen LogP contribution in [0, 0.1) is 6.92 Å². The molecule has 0 saturated heterocycles. The molecule has 3 heteroatoms. The molecule has 1 aliphatic carbocycles. The summed E-state index contributed by atoms with van der Waals surface area (Å²) in [5, 5.41) is 14.7. The molecule has 1 aliphatic rings. The van der Waals surface area contributed by atoms with Crippen molar-refractivity contribution in [2.75, 3.05) is 6.54 Å². The summed E-state index contributed by atoms with van der Waals surface area (Å²) in [6, 6.07) is 28.7. The average Bonchev–Trinajstić information content (AvgIpc) is 3.45. The van der Waals surface area contributed by atoms with Crippen molar-refractivity contribution in [3.05, 3.63) is 84.4 Å². The summed E-state index contributed by atoms with van der Waals surface area (Å²) in [7, 11) is 0. The Morgan fingerprint density at radius 1 is 0.906 bits per heavy atom. The lowest BCUT2D eigenvalue weighted by atomic mass is 9.98. The van der Waals surface area contributed by atoms with Gasteiger partial charge >= 0.3 is 0 Å². The van der Waals surface area contributed by atoms with Gasteiger partial charge in [0.25, 0.3) is 0 Å². The van der Waals surface area contributed by atoms with Crippen molar-refractivity contribution in [3.63, 3.8) is 0 Å². The van der Waals surface area contributed by atoms with Gasteiger partial charge in [-0.2, -0.15) is 0 Å². The van der Waals surface area contributed by atoms with Crippen molar-refractivity contribution >= 4 is 10.9 Å². The van der Waals surface area contributed by atoms with Gasteiger partial charge in [0.2, 0.25) is 0 Å². The topological polar surface area (TPSA) is 41.8 Å². The smallest absolute Gasteiger partial charge is 0.121 e. The lowest BCUT2D eigenvalue weighted by Crippen LogP contribution is -2.91. The molecule has 32 heavy (non-hydrogen) atoms. The Labute approximate surface area is 190 Å². The van der Waals surface area contributed by atoms with E-state index in [0.717, 1.165) is 6.54 Å². The maximum Gasteiger partial charge on any atom is 0.121 e. The Balaban J connectivity index is 1.62. The number of aliphatic hydroxyl groups is 1. The van der Waals surface area contributed by atoms with E-state index >= 15 is 0 Å². The number of fused-ring (bicyclic) bond motifs is 1. The van der Waals surface area contributed by atoms with Gasteiger partial charge in [-0.1, -0.05) is 72.3 Å². The molecule has 4 aromatic rings. The predicted octanol–water partition coefficient (Wildman–Crippen LogP) is 5.15. The number of benzene rings is 3. The van der Waals surface area contributed by atoms with Crippen LogP contribution in [-0.4, -0.2) is 28.4 Å². The molecule has 0 aliphatic heterocycles.